The Morgan fingerprint density at radius 1 is 1.39 bits per heavy atom. The lowest BCUT2D eigenvalue weighted by Crippen LogP contribution is -2.37. The first kappa shape index (κ1) is 14.3. The van der Waals surface area contributed by atoms with Gasteiger partial charge in [-0.2, -0.15) is 0 Å². The van der Waals surface area contributed by atoms with E-state index in [1.54, 1.807) is 0 Å². The predicted molar refractivity (Wildman–Crippen MR) is 89.6 cm³/mol. The van der Waals surface area contributed by atoms with Crippen molar-refractivity contribution in [2.45, 2.75) is 31.3 Å². The summed E-state index contributed by atoms with van der Waals surface area (Å²) in [5, 5.41) is 6.30. The quantitative estimate of drug-likeness (QED) is 0.882. The molecule has 1 aromatic rings. The number of carbonyl (C=O) groups is 1. The van der Waals surface area contributed by atoms with Gasteiger partial charge in [0.05, 0.1) is 6.17 Å². The number of fused-ring (bicyclic) bond motifs is 3. The highest BCUT2D eigenvalue weighted by molar-refractivity contribution is 5.74. The first-order valence-electron chi connectivity index (χ1n) is 8.18. The lowest BCUT2D eigenvalue weighted by Gasteiger charge is -2.21. The summed E-state index contributed by atoms with van der Waals surface area (Å²) in [6.45, 7) is 1.03. The van der Waals surface area contributed by atoms with Crippen molar-refractivity contribution < 1.29 is 9.53 Å². The number of hydrogen-bond donors (Lipinski definition) is 2. The van der Waals surface area contributed by atoms with Crippen molar-refractivity contribution in [2.75, 3.05) is 18.5 Å². The Hall–Kier alpha value is -2.27. The number of nitrogens with zero attached hydrogens (tertiary/aromatic N) is 1. The Labute approximate surface area is 136 Å². The van der Waals surface area contributed by atoms with E-state index in [-0.39, 0.29) is 0 Å². The number of carbonyl (C=O) groups excluding carboxylic acids is 1. The first-order chi connectivity index (χ1) is 11.2. The van der Waals surface area contributed by atoms with Crippen molar-refractivity contribution in [1.82, 2.24) is 10.6 Å². The van der Waals surface area contributed by atoms with Crippen LogP contribution in [0.3, 0.4) is 0 Å². The smallest absolute Gasteiger partial charge is 0.410 e. The highest BCUT2D eigenvalue weighted by Crippen LogP contribution is 2.44. The summed E-state index contributed by atoms with van der Waals surface area (Å²) in [6.07, 6.45) is 9.00. The molecule has 1 aliphatic carbocycles. The van der Waals surface area contributed by atoms with Gasteiger partial charge in [0.2, 0.25) is 0 Å². The molecule has 4 rings (SSSR count). The van der Waals surface area contributed by atoms with Gasteiger partial charge in [-0.05, 0) is 55.6 Å². The Morgan fingerprint density at radius 3 is 3.13 bits per heavy atom. The Morgan fingerprint density at radius 2 is 2.30 bits per heavy atom. The molecular weight excluding hydrogens is 290 g/mol. The van der Waals surface area contributed by atoms with Crippen molar-refractivity contribution in [3.63, 3.8) is 0 Å². The number of amides is 1. The number of rotatable bonds is 2. The second-order valence-corrected chi connectivity index (χ2v) is 6.28. The van der Waals surface area contributed by atoms with Gasteiger partial charge in [0.1, 0.15) is 5.75 Å². The van der Waals surface area contributed by atoms with Crippen molar-refractivity contribution in [3.8, 4) is 5.75 Å². The molecule has 0 aromatic heterocycles. The molecule has 1 amide bonds. The van der Waals surface area contributed by atoms with Crippen LogP contribution in [0.4, 0.5) is 10.5 Å². The van der Waals surface area contributed by atoms with Crippen molar-refractivity contribution in [1.29, 1.82) is 0 Å². The third-order valence-electron chi connectivity index (χ3n) is 4.84. The fraction of sp³-hybridized carbons (Fsp3) is 0.389. The average molecular weight is 311 g/mol. The van der Waals surface area contributed by atoms with E-state index in [1.165, 1.54) is 11.3 Å². The van der Waals surface area contributed by atoms with Crippen LogP contribution >= 0.6 is 0 Å². The zero-order valence-corrected chi connectivity index (χ0v) is 13.2. The largest absolute Gasteiger partial charge is 0.417 e. The summed E-state index contributed by atoms with van der Waals surface area (Å²) >= 11 is 0. The van der Waals surface area contributed by atoms with E-state index in [4.69, 9.17) is 4.74 Å². The van der Waals surface area contributed by atoms with Gasteiger partial charge in [0, 0.05) is 24.4 Å². The molecule has 120 valence electrons. The third-order valence-corrected chi connectivity index (χ3v) is 4.84. The minimum atomic E-state index is -0.435. The number of hydrogen-bond acceptors (Lipinski definition) is 4. The summed E-state index contributed by atoms with van der Waals surface area (Å²) in [4.78, 5) is 14.3. The minimum Gasteiger partial charge on any atom is -0.410 e. The molecule has 5 nitrogen and oxygen atoms in total. The summed E-state index contributed by atoms with van der Waals surface area (Å²) in [7, 11) is 2.11. The second-order valence-electron chi connectivity index (χ2n) is 6.28. The van der Waals surface area contributed by atoms with Crippen LogP contribution in [-0.4, -0.2) is 25.9 Å². The monoisotopic (exact) mass is 311 g/mol. The molecule has 5 heteroatoms. The number of likely N-dealkylation sites (N-methyl/N-ethyl adjacent to an activating group) is 1. The van der Waals surface area contributed by atoms with Crippen molar-refractivity contribution in [3.05, 3.63) is 47.7 Å². The van der Waals surface area contributed by atoms with Crippen LogP contribution in [0.15, 0.2) is 42.1 Å². The van der Waals surface area contributed by atoms with E-state index in [0.29, 0.717) is 17.8 Å². The van der Waals surface area contributed by atoms with Crippen LogP contribution < -0.4 is 20.3 Å². The average Bonchev–Trinajstić information content (AvgIpc) is 3.12. The lowest BCUT2D eigenvalue weighted by atomic mass is 9.98. The zero-order chi connectivity index (χ0) is 15.8. The van der Waals surface area contributed by atoms with Crippen LogP contribution in [0.2, 0.25) is 0 Å². The van der Waals surface area contributed by atoms with Gasteiger partial charge in [-0.15, -0.1) is 0 Å². The molecule has 2 unspecified atom stereocenters. The highest BCUT2D eigenvalue weighted by atomic mass is 16.6. The van der Waals surface area contributed by atoms with Crippen LogP contribution in [0.25, 0.3) is 0 Å². The molecule has 1 saturated heterocycles. The van der Waals surface area contributed by atoms with Gasteiger partial charge in [0.15, 0.2) is 0 Å². The van der Waals surface area contributed by atoms with Gasteiger partial charge >= 0.3 is 6.09 Å². The van der Waals surface area contributed by atoms with E-state index < -0.39 is 6.09 Å². The summed E-state index contributed by atoms with van der Waals surface area (Å²) in [6, 6.07) is 5.91. The van der Waals surface area contributed by atoms with E-state index in [2.05, 4.69) is 22.6 Å². The molecule has 2 heterocycles. The lowest BCUT2D eigenvalue weighted by molar-refractivity contribution is 0.203. The fourth-order valence-electron chi connectivity index (χ4n) is 3.74. The van der Waals surface area contributed by atoms with Crippen molar-refractivity contribution >= 4 is 11.8 Å². The molecule has 1 fully saturated rings. The predicted octanol–water partition coefficient (Wildman–Crippen LogP) is 2.86. The van der Waals surface area contributed by atoms with Crippen LogP contribution in [-0.2, 0) is 0 Å². The summed E-state index contributed by atoms with van der Waals surface area (Å²) in [5.74, 6) is 1.08. The molecular formula is C18H21N3O2. The van der Waals surface area contributed by atoms with Gasteiger partial charge in [-0.3, -0.25) is 10.6 Å². The van der Waals surface area contributed by atoms with Gasteiger partial charge < -0.3 is 9.64 Å². The Kier molecular flexibility index (Phi) is 3.58. The number of benzene rings is 1. The third kappa shape index (κ3) is 2.61. The van der Waals surface area contributed by atoms with Crippen LogP contribution in [0, 0.1) is 0 Å². The van der Waals surface area contributed by atoms with Gasteiger partial charge in [-0.25, -0.2) is 4.79 Å². The topological polar surface area (TPSA) is 53.6 Å². The van der Waals surface area contributed by atoms with Crippen LogP contribution in [0.1, 0.15) is 30.7 Å². The van der Waals surface area contributed by atoms with Crippen molar-refractivity contribution in [2.24, 2.45) is 0 Å². The molecule has 23 heavy (non-hydrogen) atoms. The van der Waals surface area contributed by atoms with E-state index in [1.807, 2.05) is 36.4 Å². The molecule has 3 aliphatic rings. The minimum absolute atomic E-state index is 0.367. The fourth-order valence-corrected chi connectivity index (χ4v) is 3.74. The maximum Gasteiger partial charge on any atom is 0.417 e. The molecule has 1 aromatic carbocycles. The number of nitrogens with one attached hydrogen (secondary N) is 2. The first-order valence-corrected chi connectivity index (χ1v) is 8.18. The molecule has 2 atom stereocenters. The summed E-state index contributed by atoms with van der Waals surface area (Å²) in [5.41, 5.74) is 3.30. The van der Waals surface area contributed by atoms with Gasteiger partial charge in [-0.1, -0.05) is 12.2 Å². The normalized spacial score (nSPS) is 24.9. The standard InChI is InChI=1S/C18H21N3O2/c1-21-16-8-7-13(11-15(16)14-9-10-19-17(14)21)23-18(22)20-12-5-3-2-4-6-12/h3,5-8,11,14,17,19H,2,4,9-10H2,1H3,(H,20,22). The van der Waals surface area contributed by atoms with E-state index >= 15 is 0 Å². The number of anilines is 1. The summed E-state index contributed by atoms with van der Waals surface area (Å²) < 4.78 is 5.46. The molecule has 0 bridgehead atoms. The number of ether oxygens (including phenoxy) is 1. The molecule has 2 aliphatic heterocycles. The second kappa shape index (κ2) is 5.74. The van der Waals surface area contributed by atoms with E-state index in [9.17, 15) is 4.79 Å². The van der Waals surface area contributed by atoms with E-state index in [0.717, 1.165) is 31.5 Å². The Balaban J connectivity index is 1.48. The number of allylic oxidation sites excluding steroid dienone is 3. The zero-order valence-electron chi connectivity index (χ0n) is 13.2. The maximum absolute atomic E-state index is 12.0. The molecule has 0 saturated carbocycles. The highest BCUT2D eigenvalue weighted by Gasteiger charge is 2.39. The van der Waals surface area contributed by atoms with Gasteiger partial charge in [0.25, 0.3) is 0 Å². The molecule has 2 N–H and O–H groups in total. The molecule has 0 spiro atoms. The maximum atomic E-state index is 12.0. The Bertz CT molecular complexity index is 696. The molecule has 0 radical (unpaired) electrons. The van der Waals surface area contributed by atoms with Crippen LogP contribution in [0.5, 0.6) is 5.75 Å². The SMILES string of the molecule is CN1c2ccc(OC(=O)NC3=CCCC=C3)cc2C2CCNC21.